The summed E-state index contributed by atoms with van der Waals surface area (Å²) in [6.45, 7) is 2.90. The van der Waals surface area contributed by atoms with Gasteiger partial charge in [-0.2, -0.15) is 0 Å². The fourth-order valence-corrected chi connectivity index (χ4v) is 3.64. The Morgan fingerprint density at radius 3 is 1.77 bits per heavy atom. The van der Waals surface area contributed by atoms with Crippen molar-refractivity contribution in [2.45, 2.75) is 13.1 Å². The van der Waals surface area contributed by atoms with Gasteiger partial charge in [0.2, 0.25) is 5.95 Å². The molecule has 1 aromatic heterocycles. The van der Waals surface area contributed by atoms with E-state index < -0.39 is 11.8 Å². The highest BCUT2D eigenvalue weighted by atomic mass is 16.2. The lowest BCUT2D eigenvalue weighted by molar-refractivity contribution is -0.152. The maximum atomic E-state index is 13.2. The monoisotopic (exact) mass is 415 g/mol. The predicted octanol–water partition coefficient (Wildman–Crippen LogP) is 2.35. The van der Waals surface area contributed by atoms with Gasteiger partial charge in [-0.3, -0.25) is 9.59 Å². The summed E-state index contributed by atoms with van der Waals surface area (Å²) >= 11 is 0. The van der Waals surface area contributed by atoms with Gasteiger partial charge in [-0.15, -0.1) is 0 Å². The number of anilines is 1. The van der Waals surface area contributed by atoms with Gasteiger partial charge in [0.1, 0.15) is 0 Å². The zero-order valence-electron chi connectivity index (χ0n) is 17.3. The molecule has 0 saturated carbocycles. The Balaban J connectivity index is 1.44. The Morgan fingerprint density at radius 2 is 1.26 bits per heavy atom. The van der Waals surface area contributed by atoms with Gasteiger partial charge in [-0.1, -0.05) is 60.7 Å². The highest BCUT2D eigenvalue weighted by molar-refractivity contribution is 6.34. The van der Waals surface area contributed by atoms with Gasteiger partial charge in [0.05, 0.1) is 0 Å². The number of carbonyl (C=O) groups is 2. The van der Waals surface area contributed by atoms with Crippen LogP contribution in [0.2, 0.25) is 0 Å². The van der Waals surface area contributed by atoms with E-state index in [9.17, 15) is 9.59 Å². The summed E-state index contributed by atoms with van der Waals surface area (Å²) in [6, 6.07) is 21.3. The number of amides is 2. The first-order chi connectivity index (χ1) is 15.2. The molecule has 4 rings (SSSR count). The zero-order chi connectivity index (χ0) is 21.5. The third kappa shape index (κ3) is 5.25. The van der Waals surface area contributed by atoms with Crippen LogP contribution in [0.15, 0.2) is 79.1 Å². The number of nitrogens with zero attached hydrogens (tertiary/aromatic N) is 5. The molecule has 2 heterocycles. The van der Waals surface area contributed by atoms with E-state index in [-0.39, 0.29) is 0 Å². The van der Waals surface area contributed by atoms with Crippen LogP contribution in [0.25, 0.3) is 0 Å². The van der Waals surface area contributed by atoms with E-state index >= 15 is 0 Å². The lowest BCUT2D eigenvalue weighted by Crippen LogP contribution is -2.53. The van der Waals surface area contributed by atoms with E-state index in [1.807, 2.05) is 65.6 Å². The molecule has 0 unspecified atom stereocenters. The van der Waals surface area contributed by atoms with Crippen LogP contribution in [0.1, 0.15) is 11.1 Å². The minimum Gasteiger partial charge on any atom is -0.337 e. The van der Waals surface area contributed by atoms with E-state index in [1.54, 1.807) is 28.3 Å². The highest BCUT2D eigenvalue weighted by Crippen LogP contribution is 2.14. The second-order valence-corrected chi connectivity index (χ2v) is 7.46. The van der Waals surface area contributed by atoms with Gasteiger partial charge in [-0.25, -0.2) is 9.97 Å². The Labute approximate surface area is 182 Å². The maximum Gasteiger partial charge on any atom is 0.312 e. The third-order valence-electron chi connectivity index (χ3n) is 5.30. The van der Waals surface area contributed by atoms with Crippen molar-refractivity contribution in [1.82, 2.24) is 19.8 Å². The molecular formula is C24H25N5O2. The largest absolute Gasteiger partial charge is 0.337 e. The molecule has 31 heavy (non-hydrogen) atoms. The first-order valence-electron chi connectivity index (χ1n) is 10.4. The molecule has 3 aromatic rings. The van der Waals surface area contributed by atoms with Gasteiger partial charge in [0, 0.05) is 51.7 Å². The van der Waals surface area contributed by atoms with Crippen LogP contribution in [0, 0.1) is 0 Å². The molecule has 0 spiro atoms. The van der Waals surface area contributed by atoms with Crippen molar-refractivity contribution in [1.29, 1.82) is 0 Å². The molecule has 1 saturated heterocycles. The van der Waals surface area contributed by atoms with Crippen molar-refractivity contribution >= 4 is 17.8 Å². The summed E-state index contributed by atoms with van der Waals surface area (Å²) in [4.78, 5) is 40.1. The standard InChI is InChI=1S/C24H25N5O2/c30-22(27-14-16-28(17-15-27)24-25-12-7-13-26-24)23(31)29(18-20-8-3-1-4-9-20)19-21-10-5-2-6-11-21/h1-13H,14-19H2. The molecule has 0 radical (unpaired) electrons. The Bertz CT molecular complexity index is 949. The van der Waals surface area contributed by atoms with E-state index in [4.69, 9.17) is 0 Å². The molecule has 1 aliphatic heterocycles. The van der Waals surface area contributed by atoms with Crippen molar-refractivity contribution in [3.05, 3.63) is 90.3 Å². The SMILES string of the molecule is O=C(C(=O)N(Cc1ccccc1)Cc1ccccc1)N1CCN(c2ncccn2)CC1. The van der Waals surface area contributed by atoms with Crippen molar-refractivity contribution in [2.75, 3.05) is 31.1 Å². The topological polar surface area (TPSA) is 69.6 Å². The summed E-state index contributed by atoms with van der Waals surface area (Å²) in [5.74, 6) is -0.284. The minimum absolute atomic E-state index is 0.387. The molecule has 7 nitrogen and oxygen atoms in total. The number of hydrogen-bond donors (Lipinski definition) is 0. The molecule has 2 amide bonds. The average molecular weight is 415 g/mol. The quantitative estimate of drug-likeness (QED) is 0.599. The number of carbonyl (C=O) groups excluding carboxylic acids is 2. The minimum atomic E-state index is -0.475. The molecule has 7 heteroatoms. The maximum absolute atomic E-state index is 13.2. The number of piperazine rings is 1. The Hall–Kier alpha value is -3.74. The van der Waals surface area contributed by atoms with Crippen LogP contribution in [0.5, 0.6) is 0 Å². The molecule has 1 aliphatic rings. The van der Waals surface area contributed by atoms with Crippen LogP contribution in [-0.2, 0) is 22.7 Å². The average Bonchev–Trinajstić information content (AvgIpc) is 2.85. The van der Waals surface area contributed by atoms with Gasteiger partial charge in [0.15, 0.2) is 0 Å². The molecule has 158 valence electrons. The molecule has 0 atom stereocenters. The van der Waals surface area contributed by atoms with Gasteiger partial charge >= 0.3 is 11.8 Å². The van der Waals surface area contributed by atoms with Crippen LogP contribution >= 0.6 is 0 Å². The van der Waals surface area contributed by atoms with Crippen LogP contribution in [0.3, 0.4) is 0 Å². The molecule has 1 fully saturated rings. The van der Waals surface area contributed by atoms with E-state index in [0.717, 1.165) is 11.1 Å². The van der Waals surface area contributed by atoms with Crippen LogP contribution < -0.4 is 4.90 Å². The fourth-order valence-electron chi connectivity index (χ4n) is 3.64. The molecule has 0 N–H and O–H groups in total. The van der Waals surface area contributed by atoms with Crippen molar-refractivity contribution in [3.63, 3.8) is 0 Å². The summed E-state index contributed by atoms with van der Waals surface area (Å²) in [5.41, 5.74) is 1.98. The Morgan fingerprint density at radius 1 is 0.742 bits per heavy atom. The first-order valence-corrected chi connectivity index (χ1v) is 10.4. The van der Waals surface area contributed by atoms with E-state index in [2.05, 4.69) is 9.97 Å². The number of rotatable bonds is 5. The zero-order valence-corrected chi connectivity index (χ0v) is 17.3. The molecule has 0 bridgehead atoms. The summed E-state index contributed by atoms with van der Waals surface area (Å²) in [7, 11) is 0. The normalized spacial score (nSPS) is 13.7. The number of hydrogen-bond acceptors (Lipinski definition) is 5. The Kier molecular flexibility index (Phi) is 6.52. The van der Waals surface area contributed by atoms with Crippen LogP contribution in [0.4, 0.5) is 5.95 Å². The van der Waals surface area contributed by atoms with Crippen molar-refractivity contribution in [2.24, 2.45) is 0 Å². The van der Waals surface area contributed by atoms with E-state index in [0.29, 0.717) is 45.2 Å². The van der Waals surface area contributed by atoms with Gasteiger partial charge in [0.25, 0.3) is 0 Å². The second kappa shape index (κ2) is 9.84. The lowest BCUT2D eigenvalue weighted by Gasteiger charge is -2.35. The molecule has 2 aromatic carbocycles. The predicted molar refractivity (Wildman–Crippen MR) is 118 cm³/mol. The number of benzene rings is 2. The van der Waals surface area contributed by atoms with Crippen LogP contribution in [-0.4, -0.2) is 57.8 Å². The summed E-state index contributed by atoms with van der Waals surface area (Å²) in [5, 5.41) is 0. The third-order valence-corrected chi connectivity index (χ3v) is 5.30. The smallest absolute Gasteiger partial charge is 0.312 e. The fraction of sp³-hybridized carbons (Fsp3) is 0.250. The molecule has 0 aliphatic carbocycles. The first kappa shape index (κ1) is 20.5. The van der Waals surface area contributed by atoms with E-state index in [1.165, 1.54) is 0 Å². The summed E-state index contributed by atoms with van der Waals surface area (Å²) in [6.07, 6.45) is 3.41. The van der Waals surface area contributed by atoms with Gasteiger partial charge < -0.3 is 14.7 Å². The second-order valence-electron chi connectivity index (χ2n) is 7.46. The lowest BCUT2D eigenvalue weighted by atomic mass is 10.1. The highest BCUT2D eigenvalue weighted by Gasteiger charge is 2.30. The van der Waals surface area contributed by atoms with Gasteiger partial charge in [-0.05, 0) is 17.2 Å². The van der Waals surface area contributed by atoms with Crippen molar-refractivity contribution < 1.29 is 9.59 Å². The summed E-state index contributed by atoms with van der Waals surface area (Å²) < 4.78 is 0. The van der Waals surface area contributed by atoms with Crippen molar-refractivity contribution in [3.8, 4) is 0 Å². The number of aromatic nitrogens is 2. The molecular weight excluding hydrogens is 390 g/mol.